The predicted octanol–water partition coefficient (Wildman–Crippen LogP) is 4.04. The SMILES string of the molecule is O=C(Nc1cccc(O)c1)c1cc2cc(Cl)ccc2o1. The first-order valence-electron chi connectivity index (χ1n) is 5.91. The van der Waals surface area contributed by atoms with Crippen LogP contribution in [0.1, 0.15) is 10.6 Å². The van der Waals surface area contributed by atoms with Gasteiger partial charge in [0, 0.05) is 22.2 Å². The lowest BCUT2D eigenvalue weighted by Crippen LogP contribution is -2.10. The molecule has 2 aromatic carbocycles. The molecule has 0 aliphatic heterocycles. The Morgan fingerprint density at radius 3 is 2.80 bits per heavy atom. The highest BCUT2D eigenvalue weighted by atomic mass is 35.5. The van der Waals surface area contributed by atoms with E-state index in [-0.39, 0.29) is 17.4 Å². The lowest BCUT2D eigenvalue weighted by molar-refractivity contribution is 0.0998. The van der Waals surface area contributed by atoms with Gasteiger partial charge in [-0.2, -0.15) is 0 Å². The molecule has 1 amide bonds. The second-order valence-electron chi connectivity index (χ2n) is 4.30. The molecule has 2 N–H and O–H groups in total. The van der Waals surface area contributed by atoms with Crippen LogP contribution in [0.2, 0.25) is 5.02 Å². The van der Waals surface area contributed by atoms with E-state index in [0.717, 1.165) is 5.39 Å². The quantitative estimate of drug-likeness (QED) is 0.747. The molecule has 4 nitrogen and oxygen atoms in total. The fourth-order valence-corrected chi connectivity index (χ4v) is 2.08. The number of furan rings is 1. The summed E-state index contributed by atoms with van der Waals surface area (Å²) in [7, 11) is 0. The van der Waals surface area contributed by atoms with Gasteiger partial charge in [-0.3, -0.25) is 4.79 Å². The van der Waals surface area contributed by atoms with Crippen molar-refractivity contribution in [3.05, 3.63) is 59.3 Å². The van der Waals surface area contributed by atoms with E-state index in [0.29, 0.717) is 16.3 Å². The number of benzene rings is 2. The highest BCUT2D eigenvalue weighted by Crippen LogP contribution is 2.24. The van der Waals surface area contributed by atoms with Crippen LogP contribution < -0.4 is 5.32 Å². The number of halogens is 1. The largest absolute Gasteiger partial charge is 0.508 e. The summed E-state index contributed by atoms with van der Waals surface area (Å²) in [6.45, 7) is 0. The molecule has 3 rings (SSSR count). The topological polar surface area (TPSA) is 62.5 Å². The van der Waals surface area contributed by atoms with E-state index >= 15 is 0 Å². The monoisotopic (exact) mass is 287 g/mol. The van der Waals surface area contributed by atoms with Crippen LogP contribution in [0.5, 0.6) is 5.75 Å². The van der Waals surface area contributed by atoms with Crippen LogP contribution >= 0.6 is 11.6 Å². The Morgan fingerprint density at radius 2 is 2.00 bits per heavy atom. The first kappa shape index (κ1) is 12.6. The van der Waals surface area contributed by atoms with E-state index in [2.05, 4.69) is 5.32 Å². The lowest BCUT2D eigenvalue weighted by Gasteiger charge is -2.02. The molecular formula is C15H10ClNO3. The number of amides is 1. The molecule has 0 fully saturated rings. The predicted molar refractivity (Wildman–Crippen MR) is 77.3 cm³/mol. The molecule has 0 aliphatic carbocycles. The van der Waals surface area contributed by atoms with E-state index in [1.807, 2.05) is 0 Å². The number of hydrogen-bond acceptors (Lipinski definition) is 3. The zero-order chi connectivity index (χ0) is 14.1. The second-order valence-corrected chi connectivity index (χ2v) is 4.73. The number of hydrogen-bond donors (Lipinski definition) is 2. The molecule has 0 spiro atoms. The zero-order valence-corrected chi connectivity index (χ0v) is 11.0. The minimum absolute atomic E-state index is 0.0826. The van der Waals surface area contributed by atoms with Gasteiger partial charge in [0.25, 0.3) is 5.91 Å². The molecule has 0 saturated heterocycles. The van der Waals surface area contributed by atoms with Gasteiger partial charge in [-0.1, -0.05) is 17.7 Å². The Hall–Kier alpha value is -2.46. The summed E-state index contributed by atoms with van der Waals surface area (Å²) in [6, 6.07) is 13.1. The molecule has 100 valence electrons. The Kier molecular flexibility index (Phi) is 3.08. The molecule has 0 unspecified atom stereocenters. The molecule has 20 heavy (non-hydrogen) atoms. The number of fused-ring (bicyclic) bond motifs is 1. The van der Waals surface area contributed by atoms with E-state index in [1.165, 1.54) is 12.1 Å². The van der Waals surface area contributed by atoms with Crippen LogP contribution in [0.25, 0.3) is 11.0 Å². The summed E-state index contributed by atoms with van der Waals surface area (Å²) < 4.78 is 5.45. The van der Waals surface area contributed by atoms with Gasteiger partial charge < -0.3 is 14.8 Å². The van der Waals surface area contributed by atoms with Gasteiger partial charge in [0.15, 0.2) is 5.76 Å². The number of aromatic hydroxyl groups is 1. The van der Waals surface area contributed by atoms with Crippen LogP contribution in [0.15, 0.2) is 52.9 Å². The number of phenolic OH excluding ortho intramolecular Hbond substituents is 1. The molecule has 0 radical (unpaired) electrons. The fraction of sp³-hybridized carbons (Fsp3) is 0. The van der Waals surface area contributed by atoms with E-state index in [1.54, 1.807) is 36.4 Å². The van der Waals surface area contributed by atoms with Gasteiger partial charge in [-0.15, -0.1) is 0 Å². The maximum absolute atomic E-state index is 12.1. The molecule has 3 aromatic rings. The van der Waals surface area contributed by atoms with Crippen LogP contribution in [-0.2, 0) is 0 Å². The summed E-state index contributed by atoms with van der Waals surface area (Å²) in [5.41, 5.74) is 1.09. The van der Waals surface area contributed by atoms with Crippen molar-refractivity contribution in [3.8, 4) is 5.75 Å². The van der Waals surface area contributed by atoms with Crippen LogP contribution in [0, 0.1) is 0 Å². The highest BCUT2D eigenvalue weighted by molar-refractivity contribution is 6.31. The number of phenols is 1. The molecule has 1 heterocycles. The van der Waals surface area contributed by atoms with Crippen molar-refractivity contribution in [2.75, 3.05) is 5.32 Å². The van der Waals surface area contributed by atoms with E-state index in [4.69, 9.17) is 16.0 Å². The van der Waals surface area contributed by atoms with Crippen molar-refractivity contribution in [1.29, 1.82) is 0 Å². The van der Waals surface area contributed by atoms with Gasteiger partial charge in [0.1, 0.15) is 11.3 Å². The summed E-state index contributed by atoms with van der Waals surface area (Å²) >= 11 is 5.88. The standard InChI is InChI=1S/C15H10ClNO3/c16-10-4-5-13-9(6-10)7-14(20-13)15(19)17-11-2-1-3-12(18)8-11/h1-8,18H,(H,17,19). The number of nitrogens with one attached hydrogen (secondary N) is 1. The molecule has 5 heteroatoms. The average molecular weight is 288 g/mol. The van der Waals surface area contributed by atoms with E-state index < -0.39 is 0 Å². The Labute approximate surface area is 119 Å². The molecular weight excluding hydrogens is 278 g/mol. The number of anilines is 1. The number of carbonyl (C=O) groups is 1. The number of carbonyl (C=O) groups excluding carboxylic acids is 1. The van der Waals surface area contributed by atoms with Crippen LogP contribution in [-0.4, -0.2) is 11.0 Å². The molecule has 0 atom stereocenters. The Bertz CT molecular complexity index is 795. The van der Waals surface area contributed by atoms with Crippen molar-refractivity contribution in [3.63, 3.8) is 0 Å². The summed E-state index contributed by atoms with van der Waals surface area (Å²) in [5.74, 6) is -0.118. The number of rotatable bonds is 2. The van der Waals surface area contributed by atoms with Crippen molar-refractivity contribution >= 4 is 34.2 Å². The minimum Gasteiger partial charge on any atom is -0.508 e. The van der Waals surface area contributed by atoms with Crippen molar-refractivity contribution < 1.29 is 14.3 Å². The van der Waals surface area contributed by atoms with Gasteiger partial charge in [-0.25, -0.2) is 0 Å². The second kappa shape index (κ2) is 4.90. The zero-order valence-electron chi connectivity index (χ0n) is 10.3. The molecule has 0 aliphatic rings. The maximum atomic E-state index is 12.1. The molecule has 1 aromatic heterocycles. The lowest BCUT2D eigenvalue weighted by atomic mass is 10.2. The summed E-state index contributed by atoms with van der Waals surface area (Å²) in [5, 5.41) is 13.3. The Balaban J connectivity index is 1.88. The van der Waals surface area contributed by atoms with E-state index in [9.17, 15) is 9.90 Å². The third-order valence-corrected chi connectivity index (χ3v) is 3.04. The van der Waals surface area contributed by atoms with Gasteiger partial charge in [0.2, 0.25) is 0 Å². The van der Waals surface area contributed by atoms with Crippen molar-refractivity contribution in [1.82, 2.24) is 0 Å². The fourth-order valence-electron chi connectivity index (χ4n) is 1.90. The Morgan fingerprint density at radius 1 is 1.15 bits per heavy atom. The molecule has 0 bridgehead atoms. The third kappa shape index (κ3) is 2.46. The summed E-state index contributed by atoms with van der Waals surface area (Å²) in [4.78, 5) is 12.1. The highest BCUT2D eigenvalue weighted by Gasteiger charge is 2.12. The van der Waals surface area contributed by atoms with Crippen molar-refractivity contribution in [2.24, 2.45) is 0 Å². The minimum atomic E-state index is -0.386. The first-order valence-corrected chi connectivity index (χ1v) is 6.29. The normalized spacial score (nSPS) is 10.7. The smallest absolute Gasteiger partial charge is 0.291 e. The maximum Gasteiger partial charge on any atom is 0.291 e. The van der Waals surface area contributed by atoms with Gasteiger partial charge >= 0.3 is 0 Å². The first-order chi connectivity index (χ1) is 9.61. The third-order valence-electron chi connectivity index (χ3n) is 2.81. The summed E-state index contributed by atoms with van der Waals surface area (Å²) in [6.07, 6.45) is 0. The van der Waals surface area contributed by atoms with Crippen LogP contribution in [0.4, 0.5) is 5.69 Å². The molecule has 0 saturated carbocycles. The van der Waals surface area contributed by atoms with Crippen LogP contribution in [0.3, 0.4) is 0 Å². The van der Waals surface area contributed by atoms with Gasteiger partial charge in [-0.05, 0) is 36.4 Å². The van der Waals surface area contributed by atoms with Crippen molar-refractivity contribution in [2.45, 2.75) is 0 Å². The van der Waals surface area contributed by atoms with Gasteiger partial charge in [0.05, 0.1) is 0 Å². The average Bonchev–Trinajstić information content (AvgIpc) is 2.81.